The van der Waals surface area contributed by atoms with E-state index in [-0.39, 0.29) is 6.61 Å². The fourth-order valence-electron chi connectivity index (χ4n) is 2.54. The zero-order valence-corrected chi connectivity index (χ0v) is 12.2. The molecule has 2 aromatic heterocycles. The molecule has 0 aromatic carbocycles. The number of aliphatic hydroxyl groups excluding tert-OH is 1. The van der Waals surface area contributed by atoms with Gasteiger partial charge in [-0.05, 0) is 11.8 Å². The van der Waals surface area contributed by atoms with E-state index >= 15 is 0 Å². The zero-order chi connectivity index (χ0) is 14.6. The molecule has 9 nitrogen and oxygen atoms in total. The molecular formula is C10H11N4O5PS. The van der Waals surface area contributed by atoms with Crippen molar-refractivity contribution in [3.8, 4) is 0 Å². The predicted octanol–water partition coefficient (Wildman–Crippen LogP) is -0.283. The summed E-state index contributed by atoms with van der Waals surface area (Å²) in [5, 5.41) is 10.4. The molecule has 2 aromatic rings. The highest BCUT2D eigenvalue weighted by molar-refractivity contribution is 8.07. The van der Waals surface area contributed by atoms with Crippen LogP contribution in [0.25, 0.3) is 11.2 Å². The quantitative estimate of drug-likeness (QED) is 0.682. The van der Waals surface area contributed by atoms with E-state index in [1.807, 2.05) is 0 Å². The van der Waals surface area contributed by atoms with Crippen molar-refractivity contribution in [2.75, 3.05) is 6.61 Å². The molecule has 4 heterocycles. The lowest BCUT2D eigenvalue weighted by Gasteiger charge is -2.30. The Morgan fingerprint density at radius 2 is 2.29 bits per heavy atom. The molecule has 0 spiro atoms. The molecular weight excluding hydrogens is 319 g/mol. The summed E-state index contributed by atoms with van der Waals surface area (Å²) in [6.07, 6.45) is 1.48. The summed E-state index contributed by atoms with van der Waals surface area (Å²) in [4.78, 5) is 21.9. The second-order valence-corrected chi connectivity index (χ2v) is 7.56. The lowest BCUT2D eigenvalue weighted by Crippen LogP contribution is -2.39. The van der Waals surface area contributed by atoms with Crippen molar-refractivity contribution in [2.45, 2.75) is 24.5 Å². The van der Waals surface area contributed by atoms with E-state index in [4.69, 9.17) is 25.6 Å². The van der Waals surface area contributed by atoms with Crippen LogP contribution in [0.4, 0.5) is 0 Å². The lowest BCUT2D eigenvalue weighted by molar-refractivity contribution is -0.0593. The van der Waals surface area contributed by atoms with Crippen LogP contribution in [0.3, 0.4) is 0 Å². The van der Waals surface area contributed by atoms with Crippen molar-refractivity contribution in [1.29, 1.82) is 0 Å². The van der Waals surface area contributed by atoms with Gasteiger partial charge in [0.05, 0.1) is 19.1 Å². The first kappa shape index (κ1) is 13.6. The normalized spacial score (nSPS) is 39.5. The topological polar surface area (TPSA) is 112 Å². The van der Waals surface area contributed by atoms with Crippen LogP contribution in [0.1, 0.15) is 6.23 Å². The van der Waals surface area contributed by atoms with Crippen LogP contribution in [0, 0.1) is 0 Å². The molecule has 2 aliphatic rings. The Kier molecular flexibility index (Phi) is 3.09. The maximum Gasteiger partial charge on any atom is 0.325 e. The van der Waals surface area contributed by atoms with Crippen LogP contribution in [-0.4, -0.2) is 54.4 Å². The van der Waals surface area contributed by atoms with Crippen LogP contribution < -0.4 is 0 Å². The standard InChI is InChI=1S/C10H11N4O5PS/c15-7-8-6(2-17-20(16,21)19-8)18-10(7)14-4-13-5-1-11-3-12-9(5)14/h1,3-4,6-8,10,15H,2H2,(H,16,21)/t6-,7-,8-,10-,20?/m1/s1. The number of aliphatic hydroxyl groups is 1. The van der Waals surface area contributed by atoms with Crippen molar-refractivity contribution >= 4 is 29.7 Å². The second-order valence-electron chi connectivity index (χ2n) is 4.77. The number of ether oxygens (including phenoxy) is 1. The van der Waals surface area contributed by atoms with E-state index in [0.29, 0.717) is 11.2 Å². The molecule has 2 N–H and O–H groups in total. The summed E-state index contributed by atoms with van der Waals surface area (Å²) in [6.45, 7) is -3.23. The smallest absolute Gasteiger partial charge is 0.325 e. The molecule has 2 aliphatic heterocycles. The van der Waals surface area contributed by atoms with E-state index in [1.54, 1.807) is 10.8 Å². The van der Waals surface area contributed by atoms with Gasteiger partial charge in [0.2, 0.25) is 0 Å². The fraction of sp³-hybridized carbons (Fsp3) is 0.500. The molecule has 112 valence electrons. The number of imidazole rings is 1. The van der Waals surface area contributed by atoms with Crippen molar-refractivity contribution in [3.05, 3.63) is 18.9 Å². The van der Waals surface area contributed by atoms with Gasteiger partial charge in [0.25, 0.3) is 0 Å². The average Bonchev–Trinajstić information content (AvgIpc) is 3.00. The van der Waals surface area contributed by atoms with E-state index in [9.17, 15) is 10.00 Å². The van der Waals surface area contributed by atoms with E-state index in [2.05, 4.69) is 15.0 Å². The van der Waals surface area contributed by atoms with Crippen molar-refractivity contribution < 1.29 is 23.8 Å². The highest BCUT2D eigenvalue weighted by Crippen LogP contribution is 2.52. The Balaban J connectivity index is 1.69. The third-order valence-corrected chi connectivity index (χ3v) is 5.04. The van der Waals surface area contributed by atoms with Crippen molar-refractivity contribution in [2.24, 2.45) is 0 Å². The molecule has 4 rings (SSSR count). The third-order valence-electron chi connectivity index (χ3n) is 3.48. The van der Waals surface area contributed by atoms with Crippen LogP contribution in [0.15, 0.2) is 18.9 Å². The summed E-state index contributed by atoms with van der Waals surface area (Å²) < 4.78 is 17.7. The Bertz CT molecular complexity index is 741. The number of nitrogens with zero attached hydrogens (tertiary/aromatic N) is 4. The number of aromatic nitrogens is 4. The largest absolute Gasteiger partial charge is 0.386 e. The van der Waals surface area contributed by atoms with Crippen molar-refractivity contribution in [3.63, 3.8) is 0 Å². The fourth-order valence-corrected chi connectivity index (χ4v) is 3.98. The van der Waals surface area contributed by atoms with Gasteiger partial charge in [-0.2, -0.15) is 0 Å². The van der Waals surface area contributed by atoms with Gasteiger partial charge < -0.3 is 19.3 Å². The number of hydrogen-bond donors (Lipinski definition) is 2. The molecule has 0 radical (unpaired) electrons. The van der Waals surface area contributed by atoms with E-state index in [0.717, 1.165) is 0 Å². The monoisotopic (exact) mass is 330 g/mol. The molecule has 0 bridgehead atoms. The maximum absolute atomic E-state index is 10.4. The minimum absolute atomic E-state index is 0.0770. The van der Waals surface area contributed by atoms with Gasteiger partial charge in [-0.3, -0.25) is 9.09 Å². The highest BCUT2D eigenvalue weighted by Gasteiger charge is 2.51. The summed E-state index contributed by atoms with van der Waals surface area (Å²) in [5.41, 5.74) is 1.13. The third kappa shape index (κ3) is 2.20. The molecule has 21 heavy (non-hydrogen) atoms. The van der Waals surface area contributed by atoms with Gasteiger partial charge in [-0.1, -0.05) is 0 Å². The van der Waals surface area contributed by atoms with Gasteiger partial charge in [-0.25, -0.2) is 15.0 Å². The van der Waals surface area contributed by atoms with Gasteiger partial charge >= 0.3 is 6.72 Å². The van der Waals surface area contributed by atoms with E-state index < -0.39 is 31.3 Å². The summed E-state index contributed by atoms with van der Waals surface area (Å²) in [6, 6.07) is 0. The van der Waals surface area contributed by atoms with Crippen LogP contribution >= 0.6 is 6.72 Å². The summed E-state index contributed by atoms with van der Waals surface area (Å²) in [5.74, 6) is 0. The highest BCUT2D eigenvalue weighted by atomic mass is 32.5. The van der Waals surface area contributed by atoms with Gasteiger partial charge in [-0.15, -0.1) is 0 Å². The van der Waals surface area contributed by atoms with Crippen LogP contribution in [0.2, 0.25) is 0 Å². The number of rotatable bonds is 1. The summed E-state index contributed by atoms with van der Waals surface area (Å²) in [7, 11) is 0. The summed E-state index contributed by atoms with van der Waals surface area (Å²) >= 11 is 4.80. The molecule has 2 saturated heterocycles. The Morgan fingerprint density at radius 1 is 1.43 bits per heavy atom. The first-order valence-electron chi connectivity index (χ1n) is 6.17. The maximum atomic E-state index is 10.4. The predicted molar refractivity (Wildman–Crippen MR) is 72.6 cm³/mol. The second kappa shape index (κ2) is 4.75. The first-order valence-corrected chi connectivity index (χ1v) is 8.76. The molecule has 0 saturated carbocycles. The van der Waals surface area contributed by atoms with E-state index in [1.165, 1.54) is 12.7 Å². The van der Waals surface area contributed by atoms with Gasteiger partial charge in [0.15, 0.2) is 11.9 Å². The number of fused-ring (bicyclic) bond motifs is 2. The van der Waals surface area contributed by atoms with Crippen LogP contribution in [0.5, 0.6) is 0 Å². The molecule has 2 fully saturated rings. The minimum Gasteiger partial charge on any atom is -0.386 e. The molecule has 11 heteroatoms. The minimum atomic E-state index is -3.30. The number of hydrogen-bond acceptors (Lipinski definition) is 8. The van der Waals surface area contributed by atoms with Crippen LogP contribution in [-0.2, 0) is 25.6 Å². The average molecular weight is 330 g/mol. The lowest BCUT2D eigenvalue weighted by atomic mass is 10.1. The Hall–Kier alpha value is -1.00. The molecule has 0 amide bonds. The molecule has 5 atom stereocenters. The zero-order valence-electron chi connectivity index (χ0n) is 10.5. The molecule has 0 aliphatic carbocycles. The Morgan fingerprint density at radius 3 is 3.14 bits per heavy atom. The van der Waals surface area contributed by atoms with Gasteiger partial charge in [0.1, 0.15) is 30.2 Å². The van der Waals surface area contributed by atoms with Gasteiger partial charge in [0, 0.05) is 0 Å². The SMILES string of the molecule is O[C@@H]1[C@@H]2OP(O)(=S)OC[C@H]2O[C@H]1n1cnc2cncnc21. The first-order chi connectivity index (χ1) is 10.1. The Labute approximate surface area is 123 Å². The van der Waals surface area contributed by atoms with Crippen molar-refractivity contribution in [1.82, 2.24) is 19.5 Å². The molecule has 1 unspecified atom stereocenters.